The van der Waals surface area contributed by atoms with Crippen LogP contribution in [-0.2, 0) is 19.1 Å². The molecule has 0 bridgehead atoms. The highest BCUT2D eigenvalue weighted by molar-refractivity contribution is 6.33. The molecule has 1 aromatic carbocycles. The van der Waals surface area contributed by atoms with Gasteiger partial charge in [0.25, 0.3) is 0 Å². The molecule has 0 saturated carbocycles. The Labute approximate surface area is 109 Å². The Morgan fingerprint density at radius 1 is 1.22 bits per heavy atom. The highest BCUT2D eigenvalue weighted by Crippen LogP contribution is 2.22. The van der Waals surface area contributed by atoms with E-state index in [1.807, 2.05) is 0 Å². The zero-order valence-electron chi connectivity index (χ0n) is 9.90. The predicted molar refractivity (Wildman–Crippen MR) is 67.2 cm³/mol. The molecule has 0 unspecified atom stereocenters. The van der Waals surface area contributed by atoms with Crippen molar-refractivity contribution in [3.63, 3.8) is 0 Å². The molecule has 6 heteroatoms. The molecule has 18 heavy (non-hydrogen) atoms. The summed E-state index contributed by atoms with van der Waals surface area (Å²) in [5.74, 6) is -1.37. The second kappa shape index (κ2) is 6.66. The lowest BCUT2D eigenvalue weighted by atomic mass is 10.3. The molecule has 0 fully saturated rings. The summed E-state index contributed by atoms with van der Waals surface area (Å²) in [5.41, 5.74) is 0.428. The largest absolute Gasteiger partial charge is 0.466 e. The van der Waals surface area contributed by atoms with E-state index in [0.29, 0.717) is 10.7 Å². The standard InChI is InChI=1S/C12H12ClNO4/c1-17-11(15)7-10(12(16)18-2)14-9-6-4-3-5-8(9)13/h3-7,14H,1-2H3. The first kappa shape index (κ1) is 14.1. The first-order valence-corrected chi connectivity index (χ1v) is 5.35. The van der Waals surface area contributed by atoms with Gasteiger partial charge in [-0.25, -0.2) is 9.59 Å². The van der Waals surface area contributed by atoms with E-state index < -0.39 is 11.9 Å². The van der Waals surface area contributed by atoms with Gasteiger partial charge in [-0.2, -0.15) is 0 Å². The fraction of sp³-hybridized carbons (Fsp3) is 0.167. The number of esters is 2. The van der Waals surface area contributed by atoms with Crippen LogP contribution in [0.5, 0.6) is 0 Å². The van der Waals surface area contributed by atoms with Gasteiger partial charge in [0.15, 0.2) is 0 Å². The first-order chi connectivity index (χ1) is 8.58. The summed E-state index contributed by atoms with van der Waals surface area (Å²) in [7, 11) is 2.42. The molecule has 5 nitrogen and oxygen atoms in total. The number of methoxy groups -OCH3 is 2. The van der Waals surface area contributed by atoms with Crippen molar-refractivity contribution in [2.24, 2.45) is 0 Å². The number of carbonyl (C=O) groups excluding carboxylic acids is 2. The van der Waals surface area contributed by atoms with Crippen LogP contribution in [0.4, 0.5) is 5.69 Å². The quantitative estimate of drug-likeness (QED) is 0.669. The molecule has 1 rings (SSSR count). The third-order valence-electron chi connectivity index (χ3n) is 2.01. The van der Waals surface area contributed by atoms with Gasteiger partial charge in [-0.1, -0.05) is 23.7 Å². The van der Waals surface area contributed by atoms with E-state index in [2.05, 4.69) is 14.8 Å². The van der Waals surface area contributed by atoms with Gasteiger partial charge in [0.05, 0.1) is 31.0 Å². The van der Waals surface area contributed by atoms with Crippen LogP contribution in [0, 0.1) is 0 Å². The maximum atomic E-state index is 11.5. The molecule has 0 saturated heterocycles. The number of rotatable bonds is 4. The van der Waals surface area contributed by atoms with Crippen LogP contribution in [0.3, 0.4) is 0 Å². The Hall–Kier alpha value is -2.01. The Balaban J connectivity index is 3.00. The Bertz CT molecular complexity index is 485. The molecule has 0 radical (unpaired) electrons. The summed E-state index contributed by atoms with van der Waals surface area (Å²) in [6.45, 7) is 0. The molecule has 0 aromatic heterocycles. The van der Waals surface area contributed by atoms with Crippen molar-refractivity contribution in [3.8, 4) is 0 Å². The Kier molecular flexibility index (Phi) is 5.20. The van der Waals surface area contributed by atoms with Crippen LogP contribution in [0.25, 0.3) is 0 Å². The number of para-hydroxylation sites is 1. The van der Waals surface area contributed by atoms with Crippen molar-refractivity contribution in [2.45, 2.75) is 0 Å². The highest BCUT2D eigenvalue weighted by Gasteiger charge is 2.13. The first-order valence-electron chi connectivity index (χ1n) is 4.98. The van der Waals surface area contributed by atoms with Crippen molar-refractivity contribution < 1.29 is 19.1 Å². The van der Waals surface area contributed by atoms with Crippen LogP contribution in [-0.4, -0.2) is 26.2 Å². The number of nitrogens with one attached hydrogen (secondary N) is 1. The molecule has 96 valence electrons. The zero-order chi connectivity index (χ0) is 13.5. The monoisotopic (exact) mass is 269 g/mol. The molecule has 0 aliphatic rings. The van der Waals surface area contributed by atoms with Gasteiger partial charge in [-0.05, 0) is 12.1 Å². The van der Waals surface area contributed by atoms with Gasteiger partial charge in [-0.15, -0.1) is 0 Å². The zero-order valence-corrected chi connectivity index (χ0v) is 10.7. The van der Waals surface area contributed by atoms with Gasteiger partial charge < -0.3 is 14.8 Å². The Morgan fingerprint density at radius 3 is 2.44 bits per heavy atom. The minimum atomic E-state index is -0.694. The molecular formula is C12H12ClNO4. The summed E-state index contributed by atoms with van der Waals surface area (Å²) >= 11 is 5.93. The topological polar surface area (TPSA) is 64.6 Å². The normalized spacial score (nSPS) is 10.7. The molecule has 0 spiro atoms. The fourth-order valence-corrected chi connectivity index (χ4v) is 1.32. The second-order valence-electron chi connectivity index (χ2n) is 3.18. The number of hydrogen-bond donors (Lipinski definition) is 1. The summed E-state index contributed by atoms with van der Waals surface area (Å²) in [6.07, 6.45) is 0.995. The highest BCUT2D eigenvalue weighted by atomic mass is 35.5. The number of benzene rings is 1. The minimum absolute atomic E-state index is 0.0579. The Morgan fingerprint density at radius 2 is 1.89 bits per heavy atom. The number of anilines is 1. The lowest BCUT2D eigenvalue weighted by molar-refractivity contribution is -0.138. The van der Waals surface area contributed by atoms with Crippen molar-refractivity contribution >= 4 is 29.2 Å². The van der Waals surface area contributed by atoms with Crippen molar-refractivity contribution in [1.29, 1.82) is 0 Å². The average molecular weight is 270 g/mol. The van der Waals surface area contributed by atoms with Crippen LogP contribution < -0.4 is 5.32 Å². The van der Waals surface area contributed by atoms with Crippen LogP contribution in [0.2, 0.25) is 5.02 Å². The summed E-state index contributed by atoms with van der Waals surface area (Å²) < 4.78 is 9.00. The van der Waals surface area contributed by atoms with E-state index in [9.17, 15) is 9.59 Å². The van der Waals surface area contributed by atoms with Crippen molar-refractivity contribution in [1.82, 2.24) is 0 Å². The minimum Gasteiger partial charge on any atom is -0.466 e. The predicted octanol–water partition coefficient (Wildman–Crippen LogP) is 1.98. The van der Waals surface area contributed by atoms with E-state index in [4.69, 9.17) is 11.6 Å². The maximum absolute atomic E-state index is 11.5. The molecule has 0 amide bonds. The molecule has 0 aliphatic heterocycles. The second-order valence-corrected chi connectivity index (χ2v) is 3.58. The molecule has 0 atom stereocenters. The fourth-order valence-electron chi connectivity index (χ4n) is 1.14. The number of ether oxygens (including phenoxy) is 2. The van der Waals surface area contributed by atoms with E-state index in [0.717, 1.165) is 6.08 Å². The number of hydrogen-bond acceptors (Lipinski definition) is 5. The molecule has 1 aromatic rings. The van der Waals surface area contributed by atoms with Crippen molar-refractivity contribution in [2.75, 3.05) is 19.5 Å². The maximum Gasteiger partial charge on any atom is 0.354 e. The number of halogens is 1. The molecule has 1 N–H and O–H groups in total. The summed E-state index contributed by atoms with van der Waals surface area (Å²) in [5, 5.41) is 3.13. The summed E-state index contributed by atoms with van der Waals surface area (Å²) in [6, 6.07) is 6.80. The van der Waals surface area contributed by atoms with Gasteiger partial charge in [-0.3, -0.25) is 0 Å². The van der Waals surface area contributed by atoms with Gasteiger partial charge >= 0.3 is 11.9 Å². The van der Waals surface area contributed by atoms with Gasteiger partial charge in [0.2, 0.25) is 0 Å². The van der Waals surface area contributed by atoms with E-state index in [1.54, 1.807) is 24.3 Å². The van der Waals surface area contributed by atoms with Crippen molar-refractivity contribution in [3.05, 3.63) is 41.1 Å². The smallest absolute Gasteiger partial charge is 0.354 e. The third-order valence-corrected chi connectivity index (χ3v) is 2.34. The lowest BCUT2D eigenvalue weighted by Gasteiger charge is -2.10. The van der Waals surface area contributed by atoms with Gasteiger partial charge in [0, 0.05) is 0 Å². The summed E-state index contributed by atoms with van der Waals surface area (Å²) in [4.78, 5) is 22.6. The molecule has 0 aliphatic carbocycles. The van der Waals surface area contributed by atoms with Crippen LogP contribution >= 0.6 is 11.6 Å². The average Bonchev–Trinajstić information content (AvgIpc) is 2.39. The van der Waals surface area contributed by atoms with Gasteiger partial charge in [0.1, 0.15) is 5.70 Å². The molecular weight excluding hydrogens is 258 g/mol. The third kappa shape index (κ3) is 3.78. The molecule has 0 heterocycles. The van der Waals surface area contributed by atoms with Crippen LogP contribution in [0.15, 0.2) is 36.0 Å². The van der Waals surface area contributed by atoms with E-state index in [1.165, 1.54) is 14.2 Å². The SMILES string of the molecule is COC(=O)C=C(Nc1ccccc1Cl)C(=O)OC. The van der Waals surface area contributed by atoms with Crippen LogP contribution in [0.1, 0.15) is 0 Å². The van der Waals surface area contributed by atoms with E-state index in [-0.39, 0.29) is 5.70 Å². The van der Waals surface area contributed by atoms with E-state index >= 15 is 0 Å². The lowest BCUT2D eigenvalue weighted by Crippen LogP contribution is -2.15. The number of carbonyl (C=O) groups is 2.